The third kappa shape index (κ3) is 3.77. The molecule has 0 fully saturated rings. The summed E-state index contributed by atoms with van der Waals surface area (Å²) >= 11 is 0. The highest BCUT2D eigenvalue weighted by molar-refractivity contribution is 5.77. The summed E-state index contributed by atoms with van der Waals surface area (Å²) in [5, 5.41) is 21.0. The first-order chi connectivity index (χ1) is 11.9. The van der Waals surface area contributed by atoms with Gasteiger partial charge >= 0.3 is 0 Å². The Morgan fingerprint density at radius 3 is 2.80 bits per heavy atom. The number of benzene rings is 2. The van der Waals surface area contributed by atoms with Crippen molar-refractivity contribution < 1.29 is 14.8 Å². The highest BCUT2D eigenvalue weighted by Gasteiger charge is 2.12. The first kappa shape index (κ1) is 16.9. The molecular formula is C18H19N3O4. The number of non-ortho nitro benzene ring substituents is 1. The topological polar surface area (TPSA) is 90.4 Å². The van der Waals surface area contributed by atoms with Gasteiger partial charge in [-0.2, -0.15) is 0 Å². The number of rotatable bonds is 6. The Morgan fingerprint density at radius 2 is 2.04 bits per heavy atom. The third-order valence-electron chi connectivity index (χ3n) is 4.11. The average Bonchev–Trinajstić information content (AvgIpc) is 2.95. The van der Waals surface area contributed by atoms with Gasteiger partial charge in [-0.3, -0.25) is 10.1 Å². The number of imidazole rings is 1. The van der Waals surface area contributed by atoms with E-state index < -0.39 is 11.0 Å². The number of ether oxygens (including phenoxy) is 1. The van der Waals surface area contributed by atoms with Crippen molar-refractivity contribution in [2.24, 2.45) is 0 Å². The molecule has 1 aromatic heterocycles. The van der Waals surface area contributed by atoms with E-state index in [0.29, 0.717) is 12.3 Å². The number of fused-ring (bicyclic) bond motifs is 1. The van der Waals surface area contributed by atoms with Gasteiger partial charge in [0.25, 0.3) is 5.69 Å². The molecule has 1 heterocycles. The van der Waals surface area contributed by atoms with Gasteiger partial charge in [0.05, 0.1) is 34.9 Å². The predicted molar refractivity (Wildman–Crippen MR) is 93.8 cm³/mol. The normalized spacial score (nSPS) is 12.3. The van der Waals surface area contributed by atoms with Crippen molar-refractivity contribution in [2.45, 2.75) is 26.5 Å². The molecule has 0 aliphatic heterocycles. The van der Waals surface area contributed by atoms with Crippen LogP contribution in [0.25, 0.3) is 11.0 Å². The summed E-state index contributed by atoms with van der Waals surface area (Å²) in [6.07, 6.45) is 0.929. The largest absolute Gasteiger partial charge is 0.491 e. The molecule has 0 aliphatic carbocycles. The van der Waals surface area contributed by atoms with Gasteiger partial charge in [-0.15, -0.1) is 0 Å². The van der Waals surface area contributed by atoms with Gasteiger partial charge < -0.3 is 14.4 Å². The van der Waals surface area contributed by atoms with Crippen molar-refractivity contribution in [3.05, 3.63) is 64.0 Å². The second-order valence-corrected chi connectivity index (χ2v) is 6.04. The molecule has 2 aromatic carbocycles. The minimum absolute atomic E-state index is 0.0334. The molecular weight excluding hydrogens is 322 g/mol. The summed E-state index contributed by atoms with van der Waals surface area (Å²) in [6, 6.07) is 9.97. The molecule has 130 valence electrons. The van der Waals surface area contributed by atoms with Gasteiger partial charge in [0.15, 0.2) is 0 Å². The zero-order valence-corrected chi connectivity index (χ0v) is 14.0. The maximum Gasteiger partial charge on any atom is 0.273 e. The van der Waals surface area contributed by atoms with Gasteiger partial charge in [-0.05, 0) is 43.2 Å². The maximum absolute atomic E-state index is 10.8. The van der Waals surface area contributed by atoms with Gasteiger partial charge in [-0.25, -0.2) is 4.98 Å². The Bertz CT molecular complexity index is 920. The molecule has 0 amide bonds. The van der Waals surface area contributed by atoms with Crippen LogP contribution in [0.1, 0.15) is 11.1 Å². The van der Waals surface area contributed by atoms with Crippen LogP contribution in [0.4, 0.5) is 5.69 Å². The van der Waals surface area contributed by atoms with Crippen molar-refractivity contribution in [3.63, 3.8) is 0 Å². The summed E-state index contributed by atoms with van der Waals surface area (Å²) in [5.41, 5.74) is 4.13. The lowest BCUT2D eigenvalue weighted by atomic mass is 10.1. The van der Waals surface area contributed by atoms with Crippen LogP contribution in [0.3, 0.4) is 0 Å². The molecule has 0 aliphatic rings. The fraction of sp³-hybridized carbons (Fsp3) is 0.278. The second kappa shape index (κ2) is 6.90. The first-order valence-electron chi connectivity index (χ1n) is 7.91. The van der Waals surface area contributed by atoms with Crippen LogP contribution >= 0.6 is 0 Å². The molecule has 0 spiro atoms. The van der Waals surface area contributed by atoms with E-state index in [1.807, 2.05) is 30.5 Å². The zero-order chi connectivity index (χ0) is 18.0. The Labute approximate surface area is 144 Å². The average molecular weight is 341 g/mol. The molecule has 0 saturated heterocycles. The molecule has 0 bridgehead atoms. The monoisotopic (exact) mass is 341 g/mol. The molecule has 25 heavy (non-hydrogen) atoms. The summed E-state index contributed by atoms with van der Waals surface area (Å²) in [4.78, 5) is 14.6. The van der Waals surface area contributed by atoms with E-state index in [4.69, 9.17) is 4.74 Å². The lowest BCUT2D eigenvalue weighted by molar-refractivity contribution is -0.384. The van der Waals surface area contributed by atoms with E-state index in [1.54, 1.807) is 18.5 Å². The van der Waals surface area contributed by atoms with E-state index in [9.17, 15) is 15.2 Å². The number of hydrogen-bond donors (Lipinski definition) is 1. The van der Waals surface area contributed by atoms with Gasteiger partial charge in [0, 0.05) is 6.07 Å². The number of aromatic nitrogens is 2. The second-order valence-electron chi connectivity index (χ2n) is 6.04. The van der Waals surface area contributed by atoms with Gasteiger partial charge in [0.1, 0.15) is 18.5 Å². The Balaban J connectivity index is 1.67. The van der Waals surface area contributed by atoms with Crippen LogP contribution in [0.2, 0.25) is 0 Å². The molecule has 0 saturated carbocycles. The van der Waals surface area contributed by atoms with Crippen molar-refractivity contribution in [1.82, 2.24) is 9.55 Å². The number of nitrogens with zero attached hydrogens (tertiary/aromatic N) is 3. The van der Waals surface area contributed by atoms with Crippen LogP contribution in [0.5, 0.6) is 5.75 Å². The first-order valence-corrected chi connectivity index (χ1v) is 7.91. The van der Waals surface area contributed by atoms with Crippen molar-refractivity contribution in [2.75, 3.05) is 6.61 Å². The van der Waals surface area contributed by atoms with Crippen molar-refractivity contribution in [3.8, 4) is 5.75 Å². The van der Waals surface area contributed by atoms with E-state index in [-0.39, 0.29) is 12.3 Å². The quantitative estimate of drug-likeness (QED) is 0.550. The number of aliphatic hydroxyl groups excluding tert-OH is 1. The molecule has 1 N–H and O–H groups in total. The maximum atomic E-state index is 10.8. The summed E-state index contributed by atoms with van der Waals surface area (Å²) < 4.78 is 7.35. The number of aryl methyl sites for hydroxylation is 2. The minimum atomic E-state index is -0.765. The van der Waals surface area contributed by atoms with Gasteiger partial charge in [0.2, 0.25) is 0 Å². The predicted octanol–water partition coefficient (Wildman–Crippen LogP) is 3.00. The van der Waals surface area contributed by atoms with Crippen LogP contribution in [0, 0.1) is 24.0 Å². The molecule has 1 unspecified atom stereocenters. The van der Waals surface area contributed by atoms with Crippen molar-refractivity contribution in [1.29, 1.82) is 0 Å². The smallest absolute Gasteiger partial charge is 0.273 e. The summed E-state index contributed by atoms with van der Waals surface area (Å²) in [6.45, 7) is 4.43. The van der Waals surface area contributed by atoms with Crippen LogP contribution in [-0.2, 0) is 6.54 Å². The SMILES string of the molecule is Cc1cc2ncn(CC(O)COc3cccc([N+](=O)[O-])c3)c2cc1C. The lowest BCUT2D eigenvalue weighted by Crippen LogP contribution is -2.23. The number of nitro benzene ring substituents is 1. The van der Waals surface area contributed by atoms with E-state index in [1.165, 1.54) is 17.7 Å². The van der Waals surface area contributed by atoms with E-state index in [0.717, 1.165) is 16.6 Å². The number of aliphatic hydroxyl groups is 1. The van der Waals surface area contributed by atoms with Crippen LogP contribution in [0.15, 0.2) is 42.7 Å². The summed E-state index contributed by atoms with van der Waals surface area (Å²) in [7, 11) is 0. The van der Waals surface area contributed by atoms with E-state index >= 15 is 0 Å². The molecule has 0 radical (unpaired) electrons. The van der Waals surface area contributed by atoms with Gasteiger partial charge in [-0.1, -0.05) is 6.07 Å². The molecule has 7 nitrogen and oxygen atoms in total. The summed E-state index contributed by atoms with van der Waals surface area (Å²) in [5.74, 6) is 0.357. The number of nitro groups is 1. The fourth-order valence-electron chi connectivity index (χ4n) is 2.62. The standard InChI is InChI=1S/C18H19N3O4/c1-12-6-17-18(7-13(12)2)20(11-19-17)9-15(22)10-25-16-5-3-4-14(8-16)21(23)24/h3-8,11,15,22H,9-10H2,1-2H3. The number of hydrogen-bond acceptors (Lipinski definition) is 5. The van der Waals surface area contributed by atoms with Crippen molar-refractivity contribution >= 4 is 16.7 Å². The Kier molecular flexibility index (Phi) is 4.67. The molecule has 7 heteroatoms. The Hall–Kier alpha value is -2.93. The highest BCUT2D eigenvalue weighted by atomic mass is 16.6. The third-order valence-corrected chi connectivity index (χ3v) is 4.11. The van der Waals surface area contributed by atoms with Crippen LogP contribution < -0.4 is 4.74 Å². The highest BCUT2D eigenvalue weighted by Crippen LogP contribution is 2.20. The van der Waals surface area contributed by atoms with E-state index in [2.05, 4.69) is 4.98 Å². The minimum Gasteiger partial charge on any atom is -0.491 e. The van der Waals surface area contributed by atoms with Crippen LogP contribution in [-0.4, -0.2) is 32.3 Å². The lowest BCUT2D eigenvalue weighted by Gasteiger charge is -2.14. The zero-order valence-electron chi connectivity index (χ0n) is 14.0. The Morgan fingerprint density at radius 1 is 1.28 bits per heavy atom. The fourth-order valence-corrected chi connectivity index (χ4v) is 2.62. The molecule has 3 rings (SSSR count). The molecule has 1 atom stereocenters. The molecule has 3 aromatic rings.